The lowest BCUT2D eigenvalue weighted by Gasteiger charge is -2.27. The van der Waals surface area contributed by atoms with Crippen molar-refractivity contribution in [1.29, 1.82) is 0 Å². The van der Waals surface area contributed by atoms with Crippen molar-refractivity contribution in [3.8, 4) is 0 Å². The highest BCUT2D eigenvalue weighted by Crippen LogP contribution is 2.33. The van der Waals surface area contributed by atoms with Crippen LogP contribution in [-0.2, 0) is 0 Å². The maximum absolute atomic E-state index is 4.45. The third-order valence-corrected chi connectivity index (χ3v) is 4.33. The van der Waals surface area contributed by atoms with E-state index in [1.165, 1.54) is 6.42 Å². The fraction of sp³-hybridized carbons (Fsp3) is 0.545. The van der Waals surface area contributed by atoms with E-state index in [0.717, 1.165) is 28.1 Å². The molecule has 0 amide bonds. The average Bonchev–Trinajstić information content (AvgIpc) is 2.60. The van der Waals surface area contributed by atoms with Gasteiger partial charge < -0.3 is 4.90 Å². The van der Waals surface area contributed by atoms with Gasteiger partial charge in [0.05, 0.1) is 4.47 Å². The van der Waals surface area contributed by atoms with Crippen molar-refractivity contribution >= 4 is 37.7 Å². The number of anilines is 1. The van der Waals surface area contributed by atoms with Gasteiger partial charge in [-0.3, -0.25) is 0 Å². The predicted octanol–water partition coefficient (Wildman–Crippen LogP) is 3.45. The highest BCUT2D eigenvalue weighted by Gasteiger charge is 2.31. The first kappa shape index (κ1) is 11.4. The molecule has 1 aliphatic rings. The van der Waals surface area contributed by atoms with E-state index in [1.54, 1.807) is 0 Å². The summed E-state index contributed by atoms with van der Waals surface area (Å²) in [5.74, 6) is 1.81. The number of nitrogens with zero attached hydrogens (tertiary/aromatic N) is 2. The fourth-order valence-electron chi connectivity index (χ4n) is 2.10. The Hall–Kier alpha value is -0.0900. The molecule has 4 heteroatoms. The van der Waals surface area contributed by atoms with Crippen LogP contribution in [0.2, 0.25) is 0 Å². The first-order chi connectivity index (χ1) is 7.24. The van der Waals surface area contributed by atoms with Gasteiger partial charge in [0, 0.05) is 24.1 Å². The van der Waals surface area contributed by atoms with Crippen LogP contribution in [-0.4, -0.2) is 22.9 Å². The summed E-state index contributed by atoms with van der Waals surface area (Å²) in [6.07, 6.45) is 3.10. The molecular formula is C11H14Br2N2. The van der Waals surface area contributed by atoms with Crippen LogP contribution in [0.15, 0.2) is 22.8 Å². The summed E-state index contributed by atoms with van der Waals surface area (Å²) < 4.78 is 1.09. The molecule has 0 N–H and O–H groups in total. The van der Waals surface area contributed by atoms with Gasteiger partial charge in [-0.05, 0) is 40.4 Å². The third-order valence-electron chi connectivity index (χ3n) is 3.05. The van der Waals surface area contributed by atoms with Crippen molar-refractivity contribution in [2.24, 2.45) is 5.92 Å². The van der Waals surface area contributed by atoms with Crippen LogP contribution in [0.4, 0.5) is 5.82 Å². The zero-order valence-corrected chi connectivity index (χ0v) is 11.8. The Morgan fingerprint density at radius 2 is 2.40 bits per heavy atom. The van der Waals surface area contributed by atoms with Gasteiger partial charge in [-0.1, -0.05) is 22.9 Å². The Balaban J connectivity index is 2.28. The molecule has 1 fully saturated rings. The van der Waals surface area contributed by atoms with Gasteiger partial charge in [0.2, 0.25) is 0 Å². The molecule has 0 bridgehead atoms. The number of alkyl halides is 1. The van der Waals surface area contributed by atoms with Crippen molar-refractivity contribution in [3.05, 3.63) is 22.8 Å². The van der Waals surface area contributed by atoms with E-state index >= 15 is 0 Å². The standard InChI is InChI=1S/C11H14Br2N2/c1-8-4-6-15(10(8)7-12)11-9(13)3-2-5-14-11/h2-3,5,8,10H,4,6-7H2,1H3. The number of pyridine rings is 1. The highest BCUT2D eigenvalue weighted by atomic mass is 79.9. The van der Waals surface area contributed by atoms with Crippen LogP contribution >= 0.6 is 31.9 Å². The molecule has 0 aliphatic carbocycles. The molecule has 0 saturated carbocycles. The van der Waals surface area contributed by atoms with E-state index in [9.17, 15) is 0 Å². The Kier molecular flexibility index (Phi) is 3.67. The van der Waals surface area contributed by atoms with Gasteiger partial charge in [-0.25, -0.2) is 4.98 Å². The normalized spacial score (nSPS) is 25.9. The number of aromatic nitrogens is 1. The molecule has 0 radical (unpaired) electrons. The molecule has 82 valence electrons. The van der Waals surface area contributed by atoms with Gasteiger partial charge >= 0.3 is 0 Å². The summed E-state index contributed by atoms with van der Waals surface area (Å²) in [5, 5.41) is 1.01. The third kappa shape index (κ3) is 2.21. The second-order valence-corrected chi connectivity index (χ2v) is 5.49. The van der Waals surface area contributed by atoms with Gasteiger partial charge in [0.25, 0.3) is 0 Å². The molecule has 0 spiro atoms. The van der Waals surface area contributed by atoms with Crippen LogP contribution in [0.5, 0.6) is 0 Å². The predicted molar refractivity (Wildman–Crippen MR) is 70.6 cm³/mol. The van der Waals surface area contributed by atoms with Crippen molar-refractivity contribution in [2.75, 3.05) is 16.8 Å². The van der Waals surface area contributed by atoms with Crippen LogP contribution in [0.25, 0.3) is 0 Å². The summed E-state index contributed by atoms with van der Waals surface area (Å²) in [6.45, 7) is 3.41. The maximum Gasteiger partial charge on any atom is 0.143 e. The van der Waals surface area contributed by atoms with Crippen molar-refractivity contribution < 1.29 is 0 Å². The fourth-order valence-corrected chi connectivity index (χ4v) is 3.57. The molecule has 2 rings (SSSR count). The number of hydrogen-bond acceptors (Lipinski definition) is 2. The molecule has 1 saturated heterocycles. The molecule has 2 atom stereocenters. The van der Waals surface area contributed by atoms with E-state index in [1.807, 2.05) is 12.3 Å². The quantitative estimate of drug-likeness (QED) is 0.770. The van der Waals surface area contributed by atoms with Crippen molar-refractivity contribution in [1.82, 2.24) is 4.98 Å². The highest BCUT2D eigenvalue weighted by molar-refractivity contribution is 9.10. The maximum atomic E-state index is 4.45. The van der Waals surface area contributed by atoms with Gasteiger partial charge in [0.1, 0.15) is 5.82 Å². The number of halogens is 2. The lowest BCUT2D eigenvalue weighted by molar-refractivity contribution is 0.552. The summed E-state index contributed by atoms with van der Waals surface area (Å²) in [4.78, 5) is 6.84. The van der Waals surface area contributed by atoms with Crippen LogP contribution in [0, 0.1) is 5.92 Å². The van der Waals surface area contributed by atoms with Gasteiger partial charge in [-0.2, -0.15) is 0 Å². The lowest BCUT2D eigenvalue weighted by Crippen LogP contribution is -2.34. The van der Waals surface area contributed by atoms with Crippen molar-refractivity contribution in [3.63, 3.8) is 0 Å². The van der Waals surface area contributed by atoms with E-state index in [2.05, 4.69) is 54.7 Å². The van der Waals surface area contributed by atoms with E-state index in [-0.39, 0.29) is 0 Å². The SMILES string of the molecule is CC1CCN(c2ncccc2Br)C1CBr. The van der Waals surface area contributed by atoms with Crippen LogP contribution in [0.1, 0.15) is 13.3 Å². The molecule has 1 aromatic rings. The molecule has 2 heterocycles. The number of hydrogen-bond donors (Lipinski definition) is 0. The molecule has 1 aliphatic heterocycles. The zero-order chi connectivity index (χ0) is 10.8. The summed E-state index contributed by atoms with van der Waals surface area (Å²) in [5.41, 5.74) is 0. The Morgan fingerprint density at radius 1 is 1.60 bits per heavy atom. The van der Waals surface area contributed by atoms with E-state index in [4.69, 9.17) is 0 Å². The molecule has 1 aromatic heterocycles. The molecule has 0 aromatic carbocycles. The number of rotatable bonds is 2. The molecule has 2 nitrogen and oxygen atoms in total. The second-order valence-electron chi connectivity index (χ2n) is 3.99. The lowest BCUT2D eigenvalue weighted by atomic mass is 10.1. The van der Waals surface area contributed by atoms with Crippen LogP contribution in [0.3, 0.4) is 0 Å². The molecule has 2 unspecified atom stereocenters. The van der Waals surface area contributed by atoms with Crippen molar-refractivity contribution in [2.45, 2.75) is 19.4 Å². The minimum Gasteiger partial charge on any atom is -0.352 e. The largest absolute Gasteiger partial charge is 0.352 e. The van der Waals surface area contributed by atoms with E-state index < -0.39 is 0 Å². The topological polar surface area (TPSA) is 16.1 Å². The first-order valence-corrected chi connectivity index (χ1v) is 7.08. The minimum absolute atomic E-state index is 0.566. The Morgan fingerprint density at radius 3 is 3.07 bits per heavy atom. The smallest absolute Gasteiger partial charge is 0.143 e. The second kappa shape index (κ2) is 4.83. The van der Waals surface area contributed by atoms with Crippen LogP contribution < -0.4 is 4.90 Å². The Labute approximate surface area is 107 Å². The van der Waals surface area contributed by atoms with Gasteiger partial charge in [0.15, 0.2) is 0 Å². The Bertz CT molecular complexity index is 343. The summed E-state index contributed by atoms with van der Waals surface area (Å²) in [7, 11) is 0. The first-order valence-electron chi connectivity index (χ1n) is 5.17. The zero-order valence-electron chi connectivity index (χ0n) is 8.66. The monoisotopic (exact) mass is 332 g/mol. The minimum atomic E-state index is 0.566. The average molecular weight is 334 g/mol. The summed E-state index contributed by atoms with van der Waals surface area (Å²) >= 11 is 7.16. The van der Waals surface area contributed by atoms with E-state index in [0.29, 0.717) is 6.04 Å². The summed E-state index contributed by atoms with van der Waals surface area (Å²) in [6, 6.07) is 4.57. The molecular weight excluding hydrogens is 320 g/mol. The van der Waals surface area contributed by atoms with Gasteiger partial charge in [-0.15, -0.1) is 0 Å². The molecule has 15 heavy (non-hydrogen) atoms.